The maximum atomic E-state index is 12.6. The van der Waals surface area contributed by atoms with Crippen LogP contribution < -0.4 is 4.90 Å². The van der Waals surface area contributed by atoms with Gasteiger partial charge in [0, 0.05) is 65.5 Å². The molecule has 2 atom stereocenters. The van der Waals surface area contributed by atoms with Gasteiger partial charge in [0.25, 0.3) is 0 Å². The van der Waals surface area contributed by atoms with Crippen molar-refractivity contribution in [3.05, 3.63) is 29.8 Å². The SMILES string of the molecule is CN1CCN([C@H]2CN(C(=O)CCc3ccc(N(C)C)cc3)C[C@@H]2O)CC1. The van der Waals surface area contributed by atoms with Crippen LogP contribution in [-0.2, 0) is 11.2 Å². The summed E-state index contributed by atoms with van der Waals surface area (Å²) in [5.41, 5.74) is 2.34. The number of likely N-dealkylation sites (N-methyl/N-ethyl adjacent to an activating group) is 1. The van der Waals surface area contributed by atoms with Gasteiger partial charge < -0.3 is 19.8 Å². The van der Waals surface area contributed by atoms with Crippen LogP contribution in [0.5, 0.6) is 0 Å². The summed E-state index contributed by atoms with van der Waals surface area (Å²) in [5.74, 6) is 0.150. The predicted molar refractivity (Wildman–Crippen MR) is 105 cm³/mol. The van der Waals surface area contributed by atoms with Gasteiger partial charge in [-0.2, -0.15) is 0 Å². The molecule has 0 spiro atoms. The van der Waals surface area contributed by atoms with Crippen molar-refractivity contribution in [2.24, 2.45) is 0 Å². The minimum absolute atomic E-state index is 0.0898. The number of aliphatic hydroxyl groups is 1. The predicted octanol–water partition coefficient (Wildman–Crippen LogP) is 0.504. The molecule has 26 heavy (non-hydrogen) atoms. The number of likely N-dealkylation sites (tertiary alicyclic amines) is 1. The maximum Gasteiger partial charge on any atom is 0.223 e. The number of anilines is 1. The maximum absolute atomic E-state index is 12.6. The fourth-order valence-electron chi connectivity index (χ4n) is 3.86. The summed E-state index contributed by atoms with van der Waals surface area (Å²) in [5, 5.41) is 10.4. The van der Waals surface area contributed by atoms with Crippen molar-refractivity contribution in [3.63, 3.8) is 0 Å². The fraction of sp³-hybridized carbons (Fsp3) is 0.650. The molecule has 2 heterocycles. The molecule has 0 aliphatic carbocycles. The molecule has 2 fully saturated rings. The number of aryl methyl sites for hydroxylation is 1. The highest BCUT2D eigenvalue weighted by atomic mass is 16.3. The number of aliphatic hydroxyl groups excluding tert-OH is 1. The van der Waals surface area contributed by atoms with Crippen LogP contribution in [0.3, 0.4) is 0 Å². The van der Waals surface area contributed by atoms with Gasteiger partial charge >= 0.3 is 0 Å². The molecule has 3 rings (SSSR count). The average Bonchev–Trinajstić information content (AvgIpc) is 3.02. The third-order valence-electron chi connectivity index (χ3n) is 5.70. The average molecular weight is 361 g/mol. The van der Waals surface area contributed by atoms with E-state index in [9.17, 15) is 9.90 Å². The zero-order chi connectivity index (χ0) is 18.7. The molecule has 1 N–H and O–H groups in total. The second-order valence-corrected chi connectivity index (χ2v) is 7.83. The first-order valence-electron chi connectivity index (χ1n) is 9.59. The highest BCUT2D eigenvalue weighted by molar-refractivity contribution is 5.77. The molecule has 1 aromatic carbocycles. The number of carbonyl (C=O) groups excluding carboxylic acids is 1. The number of nitrogens with zero attached hydrogens (tertiary/aromatic N) is 4. The van der Waals surface area contributed by atoms with E-state index in [-0.39, 0.29) is 11.9 Å². The van der Waals surface area contributed by atoms with Crippen LogP contribution >= 0.6 is 0 Å². The van der Waals surface area contributed by atoms with E-state index < -0.39 is 6.10 Å². The van der Waals surface area contributed by atoms with E-state index in [2.05, 4.69) is 46.0 Å². The summed E-state index contributed by atoms with van der Waals surface area (Å²) in [7, 11) is 6.17. The Balaban J connectivity index is 1.49. The van der Waals surface area contributed by atoms with Crippen LogP contribution in [0.4, 0.5) is 5.69 Å². The lowest BCUT2D eigenvalue weighted by atomic mass is 10.1. The van der Waals surface area contributed by atoms with Gasteiger partial charge in [-0.25, -0.2) is 0 Å². The molecule has 2 aliphatic rings. The fourth-order valence-corrected chi connectivity index (χ4v) is 3.86. The number of β-amino-alcohol motifs (C(OH)–C–C–N with tert-alkyl or cyclic N) is 1. The molecule has 144 valence electrons. The largest absolute Gasteiger partial charge is 0.390 e. The summed E-state index contributed by atoms with van der Waals surface area (Å²) < 4.78 is 0. The normalized spacial score (nSPS) is 24.8. The lowest BCUT2D eigenvalue weighted by Gasteiger charge is -2.37. The summed E-state index contributed by atoms with van der Waals surface area (Å²) in [6.45, 7) is 5.12. The Morgan fingerprint density at radius 2 is 1.77 bits per heavy atom. The Kier molecular flexibility index (Phi) is 6.16. The van der Waals surface area contributed by atoms with E-state index in [0.29, 0.717) is 19.5 Å². The summed E-state index contributed by atoms with van der Waals surface area (Å²) >= 11 is 0. The summed E-state index contributed by atoms with van der Waals surface area (Å²) in [6.07, 6.45) is 0.823. The van der Waals surface area contributed by atoms with Crippen molar-refractivity contribution in [2.75, 3.05) is 65.3 Å². The van der Waals surface area contributed by atoms with Crippen LogP contribution in [0, 0.1) is 0 Å². The van der Waals surface area contributed by atoms with Gasteiger partial charge in [0.2, 0.25) is 5.91 Å². The van der Waals surface area contributed by atoms with E-state index in [0.717, 1.165) is 38.3 Å². The summed E-state index contributed by atoms with van der Waals surface area (Å²) in [6, 6.07) is 8.45. The van der Waals surface area contributed by atoms with Crippen molar-refractivity contribution < 1.29 is 9.90 Å². The molecule has 6 heteroatoms. The first-order valence-corrected chi connectivity index (χ1v) is 9.59. The molecule has 6 nitrogen and oxygen atoms in total. The van der Waals surface area contributed by atoms with E-state index in [1.807, 2.05) is 19.0 Å². The van der Waals surface area contributed by atoms with Crippen LogP contribution in [0.25, 0.3) is 0 Å². The molecule has 1 aromatic rings. The number of amides is 1. The Morgan fingerprint density at radius 3 is 2.38 bits per heavy atom. The third kappa shape index (κ3) is 4.55. The van der Waals surface area contributed by atoms with Crippen LogP contribution in [0.15, 0.2) is 24.3 Å². The van der Waals surface area contributed by atoms with Crippen LogP contribution in [-0.4, -0.2) is 98.3 Å². The van der Waals surface area contributed by atoms with E-state index >= 15 is 0 Å². The number of hydrogen-bond acceptors (Lipinski definition) is 5. The van der Waals surface area contributed by atoms with Crippen molar-refractivity contribution in [3.8, 4) is 0 Å². The van der Waals surface area contributed by atoms with Crippen molar-refractivity contribution >= 4 is 11.6 Å². The van der Waals surface area contributed by atoms with Gasteiger partial charge in [-0.05, 0) is 31.2 Å². The van der Waals surface area contributed by atoms with Gasteiger partial charge in [-0.3, -0.25) is 9.69 Å². The van der Waals surface area contributed by atoms with Gasteiger partial charge in [0.05, 0.1) is 12.1 Å². The second kappa shape index (κ2) is 8.37. The van der Waals surface area contributed by atoms with Crippen LogP contribution in [0.1, 0.15) is 12.0 Å². The molecule has 2 saturated heterocycles. The van der Waals surface area contributed by atoms with Crippen molar-refractivity contribution in [1.82, 2.24) is 14.7 Å². The standard InChI is InChI=1S/C20H32N4O2/c1-21(2)17-7-4-16(5-8-17)6-9-20(26)24-14-18(19(25)15-24)23-12-10-22(3)11-13-23/h4-5,7-8,18-19,25H,6,9-15H2,1-3H3/t18-,19-/m0/s1. The molecule has 0 aromatic heterocycles. The van der Waals surface area contributed by atoms with Crippen LogP contribution in [0.2, 0.25) is 0 Å². The highest BCUT2D eigenvalue weighted by Crippen LogP contribution is 2.20. The van der Waals surface area contributed by atoms with Gasteiger partial charge in [-0.15, -0.1) is 0 Å². The number of carbonyl (C=O) groups is 1. The van der Waals surface area contributed by atoms with E-state index in [1.54, 1.807) is 0 Å². The third-order valence-corrected chi connectivity index (χ3v) is 5.70. The minimum atomic E-state index is -0.429. The molecule has 0 radical (unpaired) electrons. The minimum Gasteiger partial charge on any atom is -0.390 e. The highest BCUT2D eigenvalue weighted by Gasteiger charge is 2.38. The van der Waals surface area contributed by atoms with Crippen molar-refractivity contribution in [1.29, 1.82) is 0 Å². The Hall–Kier alpha value is -1.63. The van der Waals surface area contributed by atoms with Gasteiger partial charge in [0.1, 0.15) is 0 Å². The lowest BCUT2D eigenvalue weighted by molar-refractivity contribution is -0.130. The number of rotatable bonds is 5. The summed E-state index contributed by atoms with van der Waals surface area (Å²) in [4.78, 5) is 21.2. The molecule has 2 aliphatic heterocycles. The number of hydrogen-bond donors (Lipinski definition) is 1. The zero-order valence-corrected chi connectivity index (χ0v) is 16.3. The smallest absolute Gasteiger partial charge is 0.223 e. The first kappa shape index (κ1) is 19.1. The van der Waals surface area contributed by atoms with E-state index in [4.69, 9.17) is 0 Å². The molecule has 0 bridgehead atoms. The Morgan fingerprint density at radius 1 is 1.12 bits per heavy atom. The molecule has 0 saturated carbocycles. The second-order valence-electron chi connectivity index (χ2n) is 7.83. The molecule has 1 amide bonds. The van der Waals surface area contributed by atoms with Gasteiger partial charge in [0.15, 0.2) is 0 Å². The topological polar surface area (TPSA) is 50.3 Å². The Bertz CT molecular complexity index is 596. The number of piperazine rings is 1. The monoisotopic (exact) mass is 360 g/mol. The Labute approximate surface area is 157 Å². The molecular weight excluding hydrogens is 328 g/mol. The van der Waals surface area contributed by atoms with Gasteiger partial charge in [-0.1, -0.05) is 12.1 Å². The first-order chi connectivity index (χ1) is 12.4. The van der Waals surface area contributed by atoms with E-state index in [1.165, 1.54) is 5.56 Å². The zero-order valence-electron chi connectivity index (χ0n) is 16.3. The lowest BCUT2D eigenvalue weighted by Crippen LogP contribution is -2.52. The molecular formula is C20H32N4O2. The molecule has 0 unspecified atom stereocenters. The quantitative estimate of drug-likeness (QED) is 0.829. The number of benzene rings is 1. The van der Waals surface area contributed by atoms with Crippen molar-refractivity contribution in [2.45, 2.75) is 25.0 Å².